The third-order valence-corrected chi connectivity index (χ3v) is 3.15. The van der Waals surface area contributed by atoms with Crippen molar-refractivity contribution in [3.8, 4) is 17.1 Å². The second-order valence-corrected chi connectivity index (χ2v) is 4.72. The number of aromatic amines is 1. The van der Waals surface area contributed by atoms with Gasteiger partial charge in [0.1, 0.15) is 17.4 Å². The van der Waals surface area contributed by atoms with Crippen molar-refractivity contribution in [2.45, 2.75) is 0 Å². The smallest absolute Gasteiger partial charge is 0.180 e. The summed E-state index contributed by atoms with van der Waals surface area (Å²) in [6, 6.07) is 11.7. The Labute approximate surface area is 117 Å². The number of rotatable bonds is 3. The Balaban J connectivity index is 2.13. The molecule has 0 unspecified atom stereocenters. The molecule has 20 heavy (non-hydrogen) atoms. The largest absolute Gasteiger partial charge is 0.496 e. The molecule has 0 aliphatic rings. The summed E-state index contributed by atoms with van der Waals surface area (Å²) in [6.45, 7) is 0. The van der Waals surface area contributed by atoms with E-state index in [9.17, 15) is 0 Å². The van der Waals surface area contributed by atoms with Crippen molar-refractivity contribution in [1.29, 1.82) is 0 Å². The molecule has 0 bridgehead atoms. The normalized spacial score (nSPS) is 10.8. The van der Waals surface area contributed by atoms with Gasteiger partial charge in [0.2, 0.25) is 0 Å². The van der Waals surface area contributed by atoms with Crippen LogP contribution in [0.25, 0.3) is 22.6 Å². The highest BCUT2D eigenvalue weighted by Crippen LogP contribution is 2.28. The number of H-pyrrole nitrogens is 1. The fourth-order valence-corrected chi connectivity index (χ4v) is 2.10. The minimum atomic E-state index is 0.706. The maximum absolute atomic E-state index is 5.37. The zero-order chi connectivity index (χ0) is 14.1. The summed E-state index contributed by atoms with van der Waals surface area (Å²) in [7, 11) is 5.58. The Kier molecular flexibility index (Phi) is 3.02. The molecule has 0 amide bonds. The van der Waals surface area contributed by atoms with Crippen molar-refractivity contribution in [2.75, 3.05) is 26.1 Å². The van der Waals surface area contributed by atoms with Crippen LogP contribution in [0.5, 0.6) is 5.75 Å². The summed E-state index contributed by atoms with van der Waals surface area (Å²) in [5.74, 6) is 2.44. The first-order valence-electron chi connectivity index (χ1n) is 6.36. The number of hydrogen-bond acceptors (Lipinski definition) is 4. The van der Waals surface area contributed by atoms with E-state index < -0.39 is 0 Å². The zero-order valence-corrected chi connectivity index (χ0v) is 11.7. The molecule has 3 rings (SSSR count). The number of para-hydroxylation sites is 1. The van der Waals surface area contributed by atoms with Gasteiger partial charge in [-0.1, -0.05) is 12.1 Å². The molecule has 0 spiro atoms. The molecule has 0 aliphatic heterocycles. The highest BCUT2D eigenvalue weighted by atomic mass is 16.5. The number of ether oxygens (including phenoxy) is 1. The zero-order valence-electron chi connectivity index (χ0n) is 11.7. The molecule has 5 nitrogen and oxygen atoms in total. The Hall–Kier alpha value is -2.56. The summed E-state index contributed by atoms with van der Waals surface area (Å²) < 4.78 is 5.37. The predicted molar refractivity (Wildman–Crippen MR) is 80.2 cm³/mol. The van der Waals surface area contributed by atoms with Gasteiger partial charge in [-0.25, -0.2) is 9.97 Å². The summed E-state index contributed by atoms with van der Waals surface area (Å²) in [5.41, 5.74) is 2.55. The second-order valence-electron chi connectivity index (χ2n) is 4.72. The lowest BCUT2D eigenvalue weighted by molar-refractivity contribution is 0.416. The third kappa shape index (κ3) is 2.07. The molecular weight excluding hydrogens is 252 g/mol. The molecule has 5 heteroatoms. The summed E-state index contributed by atoms with van der Waals surface area (Å²) >= 11 is 0. The molecule has 0 aliphatic carbocycles. The van der Waals surface area contributed by atoms with E-state index in [0.717, 1.165) is 28.5 Å². The lowest BCUT2D eigenvalue weighted by atomic mass is 10.2. The highest BCUT2D eigenvalue weighted by Gasteiger charge is 2.11. The molecule has 102 valence electrons. The first kappa shape index (κ1) is 12.5. The molecule has 0 saturated carbocycles. The quantitative estimate of drug-likeness (QED) is 0.793. The van der Waals surface area contributed by atoms with E-state index in [0.29, 0.717) is 5.65 Å². The van der Waals surface area contributed by atoms with Crippen LogP contribution in [-0.2, 0) is 0 Å². The molecular formula is C15H16N4O. The van der Waals surface area contributed by atoms with E-state index in [1.165, 1.54) is 0 Å². The molecule has 0 fully saturated rings. The Morgan fingerprint density at radius 1 is 1.05 bits per heavy atom. The molecule has 3 aromatic rings. The summed E-state index contributed by atoms with van der Waals surface area (Å²) in [4.78, 5) is 14.3. The number of methoxy groups -OCH3 is 1. The van der Waals surface area contributed by atoms with Crippen LogP contribution in [0.3, 0.4) is 0 Å². The van der Waals surface area contributed by atoms with Crippen molar-refractivity contribution in [3.05, 3.63) is 36.4 Å². The molecule has 1 N–H and O–H groups in total. The average Bonchev–Trinajstić information content (AvgIpc) is 2.89. The van der Waals surface area contributed by atoms with Crippen LogP contribution in [0, 0.1) is 0 Å². The lowest BCUT2D eigenvalue weighted by Gasteiger charge is -2.09. The Morgan fingerprint density at radius 3 is 2.60 bits per heavy atom. The van der Waals surface area contributed by atoms with E-state index in [4.69, 9.17) is 4.74 Å². The van der Waals surface area contributed by atoms with Crippen LogP contribution in [0.1, 0.15) is 0 Å². The highest BCUT2D eigenvalue weighted by molar-refractivity contribution is 5.79. The van der Waals surface area contributed by atoms with E-state index in [-0.39, 0.29) is 0 Å². The van der Waals surface area contributed by atoms with E-state index >= 15 is 0 Å². The maximum atomic E-state index is 5.37. The third-order valence-electron chi connectivity index (χ3n) is 3.15. The van der Waals surface area contributed by atoms with E-state index in [1.54, 1.807) is 7.11 Å². The van der Waals surface area contributed by atoms with Gasteiger partial charge in [0, 0.05) is 14.1 Å². The van der Waals surface area contributed by atoms with Gasteiger partial charge >= 0.3 is 0 Å². The van der Waals surface area contributed by atoms with Crippen molar-refractivity contribution < 1.29 is 4.74 Å². The molecule has 1 aromatic carbocycles. The van der Waals surface area contributed by atoms with Crippen LogP contribution < -0.4 is 9.64 Å². The van der Waals surface area contributed by atoms with Crippen molar-refractivity contribution >= 4 is 17.0 Å². The number of imidazole rings is 1. The standard InChI is InChI=1S/C15H16N4O/c1-19(2)13-9-8-11-15(17-13)18-14(16-11)10-6-4-5-7-12(10)20-3/h4-9H,1-3H3,(H,16,17,18). The first-order chi connectivity index (χ1) is 9.69. The topological polar surface area (TPSA) is 54.0 Å². The number of nitrogens with zero attached hydrogens (tertiary/aromatic N) is 3. The van der Waals surface area contributed by atoms with Crippen LogP contribution in [-0.4, -0.2) is 36.2 Å². The molecule has 2 heterocycles. The fourth-order valence-electron chi connectivity index (χ4n) is 2.10. The van der Waals surface area contributed by atoms with Gasteiger partial charge in [-0.05, 0) is 24.3 Å². The second kappa shape index (κ2) is 4.85. The monoisotopic (exact) mass is 268 g/mol. The van der Waals surface area contributed by atoms with Gasteiger partial charge in [0.25, 0.3) is 0 Å². The van der Waals surface area contributed by atoms with Gasteiger partial charge in [0.15, 0.2) is 5.65 Å². The van der Waals surface area contributed by atoms with Crippen molar-refractivity contribution in [2.24, 2.45) is 0 Å². The number of anilines is 1. The van der Waals surface area contributed by atoms with Crippen LogP contribution in [0.4, 0.5) is 5.82 Å². The van der Waals surface area contributed by atoms with Crippen molar-refractivity contribution in [3.63, 3.8) is 0 Å². The molecule has 0 atom stereocenters. The van der Waals surface area contributed by atoms with E-state index in [2.05, 4.69) is 15.0 Å². The Morgan fingerprint density at radius 2 is 1.85 bits per heavy atom. The minimum Gasteiger partial charge on any atom is -0.496 e. The molecule has 2 aromatic heterocycles. The van der Waals surface area contributed by atoms with Gasteiger partial charge in [-0.3, -0.25) is 0 Å². The lowest BCUT2D eigenvalue weighted by Crippen LogP contribution is -2.10. The van der Waals surface area contributed by atoms with E-state index in [1.807, 2.05) is 55.4 Å². The summed E-state index contributed by atoms with van der Waals surface area (Å²) in [5, 5.41) is 0. The van der Waals surface area contributed by atoms with Gasteiger partial charge in [-0.2, -0.15) is 0 Å². The summed E-state index contributed by atoms with van der Waals surface area (Å²) in [6.07, 6.45) is 0. The average molecular weight is 268 g/mol. The Bertz CT molecular complexity index is 748. The number of aromatic nitrogens is 3. The number of hydrogen-bond donors (Lipinski definition) is 1. The minimum absolute atomic E-state index is 0.706. The first-order valence-corrected chi connectivity index (χ1v) is 6.36. The van der Waals surface area contributed by atoms with Crippen LogP contribution in [0.2, 0.25) is 0 Å². The van der Waals surface area contributed by atoms with Gasteiger partial charge < -0.3 is 14.6 Å². The van der Waals surface area contributed by atoms with Crippen LogP contribution in [0.15, 0.2) is 36.4 Å². The number of nitrogens with one attached hydrogen (secondary N) is 1. The number of pyridine rings is 1. The fraction of sp³-hybridized carbons (Fsp3) is 0.200. The van der Waals surface area contributed by atoms with Crippen molar-refractivity contribution in [1.82, 2.24) is 15.0 Å². The van der Waals surface area contributed by atoms with Crippen LogP contribution >= 0.6 is 0 Å². The maximum Gasteiger partial charge on any atom is 0.180 e. The SMILES string of the molecule is COc1ccccc1-c1nc2nc(N(C)C)ccc2[nH]1. The molecule has 0 saturated heterocycles. The van der Waals surface area contributed by atoms with Gasteiger partial charge in [0.05, 0.1) is 18.2 Å². The predicted octanol–water partition coefficient (Wildman–Crippen LogP) is 2.70. The van der Waals surface area contributed by atoms with Gasteiger partial charge in [-0.15, -0.1) is 0 Å². The number of fused-ring (bicyclic) bond motifs is 1. The number of benzene rings is 1. The molecule has 0 radical (unpaired) electrons.